The lowest BCUT2D eigenvalue weighted by atomic mass is 10.1. The van der Waals surface area contributed by atoms with Gasteiger partial charge >= 0.3 is 24.2 Å². The summed E-state index contributed by atoms with van der Waals surface area (Å²) in [5, 5.41) is 0. The molecule has 0 aliphatic rings. The molecular formula is C8H5F9O2. The molecule has 0 aromatic rings. The minimum Gasteiger partial charge on any atom is -0.439 e. The van der Waals surface area contributed by atoms with E-state index in [9.17, 15) is 44.3 Å². The summed E-state index contributed by atoms with van der Waals surface area (Å²) in [6, 6.07) is 0. The first-order valence-electron chi connectivity index (χ1n) is 4.21. The van der Waals surface area contributed by atoms with E-state index in [1.807, 2.05) is 0 Å². The Morgan fingerprint density at radius 3 is 1.63 bits per heavy atom. The number of hydrogen-bond donors (Lipinski definition) is 0. The van der Waals surface area contributed by atoms with E-state index < -0.39 is 42.6 Å². The number of hydrogen-bond acceptors (Lipinski definition) is 2. The van der Waals surface area contributed by atoms with Crippen LogP contribution in [-0.4, -0.2) is 37.0 Å². The van der Waals surface area contributed by atoms with Gasteiger partial charge in [-0.15, -0.1) is 0 Å². The van der Waals surface area contributed by atoms with Crippen molar-refractivity contribution in [3.8, 4) is 0 Å². The van der Waals surface area contributed by atoms with E-state index in [2.05, 4.69) is 11.3 Å². The summed E-state index contributed by atoms with van der Waals surface area (Å²) in [5.41, 5.74) is -2.14. The summed E-state index contributed by atoms with van der Waals surface area (Å²) in [6.45, 7) is -0.309. The highest BCUT2D eigenvalue weighted by Gasteiger charge is 2.60. The second kappa shape index (κ2) is 5.29. The van der Waals surface area contributed by atoms with Crippen LogP contribution in [0.3, 0.4) is 0 Å². The van der Waals surface area contributed by atoms with Crippen molar-refractivity contribution in [2.75, 3.05) is 6.67 Å². The van der Waals surface area contributed by atoms with Crippen LogP contribution in [0.15, 0.2) is 12.2 Å². The molecule has 0 aliphatic heterocycles. The number of alkyl halides is 9. The van der Waals surface area contributed by atoms with Crippen LogP contribution in [-0.2, 0) is 9.53 Å². The van der Waals surface area contributed by atoms with Gasteiger partial charge in [-0.1, -0.05) is 6.58 Å². The fourth-order valence-electron chi connectivity index (χ4n) is 0.727. The van der Waals surface area contributed by atoms with Crippen molar-refractivity contribution >= 4 is 5.97 Å². The highest BCUT2D eigenvalue weighted by molar-refractivity contribution is 5.89. The molecule has 2 nitrogen and oxygen atoms in total. The lowest BCUT2D eigenvalue weighted by Crippen LogP contribution is -2.46. The number of carbonyl (C=O) groups excluding carboxylic acids is 1. The first-order valence-corrected chi connectivity index (χ1v) is 4.21. The lowest BCUT2D eigenvalue weighted by Gasteiger charge is -2.24. The summed E-state index contributed by atoms with van der Waals surface area (Å²) in [6.07, 6.45) is -16.7. The zero-order chi connectivity index (χ0) is 15.6. The summed E-state index contributed by atoms with van der Waals surface area (Å²) in [5.74, 6) is -7.30. The van der Waals surface area contributed by atoms with E-state index in [0.29, 0.717) is 0 Å². The van der Waals surface area contributed by atoms with Crippen molar-refractivity contribution in [1.82, 2.24) is 0 Å². The predicted molar refractivity (Wildman–Crippen MR) is 42.1 cm³/mol. The van der Waals surface area contributed by atoms with E-state index in [1.165, 1.54) is 0 Å². The SMILES string of the molecule is C=C(C(=O)OC(C(F)(F)F)C(F)(F)F)C(F)(F)CF. The molecule has 0 rings (SSSR count). The molecule has 0 saturated heterocycles. The number of carbonyl (C=O) groups is 1. The largest absolute Gasteiger partial charge is 0.439 e. The summed E-state index contributed by atoms with van der Waals surface area (Å²) < 4.78 is 111. The number of halogens is 9. The molecule has 0 N–H and O–H groups in total. The van der Waals surface area contributed by atoms with Crippen molar-refractivity contribution < 1.29 is 49.0 Å². The Morgan fingerprint density at radius 2 is 1.37 bits per heavy atom. The Balaban J connectivity index is 5.10. The quantitative estimate of drug-likeness (QED) is 0.453. The van der Waals surface area contributed by atoms with E-state index in [4.69, 9.17) is 0 Å². The molecule has 0 atom stereocenters. The Morgan fingerprint density at radius 1 is 1.00 bits per heavy atom. The molecule has 0 spiro atoms. The molecule has 0 aromatic carbocycles. The zero-order valence-corrected chi connectivity index (χ0v) is 8.71. The van der Waals surface area contributed by atoms with Crippen LogP contribution in [0.25, 0.3) is 0 Å². The van der Waals surface area contributed by atoms with E-state index >= 15 is 0 Å². The van der Waals surface area contributed by atoms with E-state index in [1.54, 1.807) is 0 Å². The first-order chi connectivity index (χ1) is 8.23. The van der Waals surface area contributed by atoms with Gasteiger partial charge in [-0.3, -0.25) is 0 Å². The molecule has 19 heavy (non-hydrogen) atoms. The van der Waals surface area contributed by atoms with Crippen molar-refractivity contribution in [1.29, 1.82) is 0 Å². The fraction of sp³-hybridized carbons (Fsp3) is 0.625. The molecule has 0 radical (unpaired) electrons. The molecule has 11 heteroatoms. The third-order valence-electron chi connectivity index (χ3n) is 1.68. The van der Waals surface area contributed by atoms with Crippen LogP contribution >= 0.6 is 0 Å². The Hall–Kier alpha value is -1.42. The first kappa shape index (κ1) is 17.6. The molecule has 0 aromatic heterocycles. The van der Waals surface area contributed by atoms with Crippen molar-refractivity contribution in [3.05, 3.63) is 12.2 Å². The molecule has 0 aliphatic carbocycles. The second-order valence-corrected chi connectivity index (χ2v) is 3.19. The van der Waals surface area contributed by atoms with Gasteiger partial charge in [0.05, 0.1) is 0 Å². The number of ether oxygens (including phenoxy) is 1. The third-order valence-corrected chi connectivity index (χ3v) is 1.68. The van der Waals surface area contributed by atoms with Gasteiger partial charge in [0.15, 0.2) is 6.67 Å². The summed E-state index contributed by atoms with van der Waals surface area (Å²) in [4.78, 5) is 10.7. The highest BCUT2D eigenvalue weighted by atomic mass is 19.4. The van der Waals surface area contributed by atoms with E-state index in [0.717, 1.165) is 0 Å². The molecule has 0 heterocycles. The fourth-order valence-corrected chi connectivity index (χ4v) is 0.727. The van der Waals surface area contributed by atoms with Crippen molar-refractivity contribution in [2.24, 2.45) is 0 Å². The van der Waals surface area contributed by atoms with Crippen LogP contribution in [0.5, 0.6) is 0 Å². The lowest BCUT2D eigenvalue weighted by molar-refractivity contribution is -0.312. The van der Waals surface area contributed by atoms with Crippen molar-refractivity contribution in [3.63, 3.8) is 0 Å². The molecule has 0 amide bonds. The van der Waals surface area contributed by atoms with Crippen LogP contribution in [0.2, 0.25) is 0 Å². The van der Waals surface area contributed by atoms with Crippen LogP contribution in [0.1, 0.15) is 0 Å². The van der Waals surface area contributed by atoms with Gasteiger partial charge in [-0.05, 0) is 0 Å². The highest BCUT2D eigenvalue weighted by Crippen LogP contribution is 2.37. The maximum absolute atomic E-state index is 12.5. The van der Waals surface area contributed by atoms with Gasteiger partial charge in [0.25, 0.3) is 6.10 Å². The second-order valence-electron chi connectivity index (χ2n) is 3.19. The maximum Gasteiger partial charge on any atom is 0.434 e. The van der Waals surface area contributed by atoms with Gasteiger partial charge in [-0.25, -0.2) is 9.18 Å². The molecule has 0 fully saturated rings. The summed E-state index contributed by atoms with van der Waals surface area (Å²) in [7, 11) is 0. The Kier molecular flexibility index (Phi) is 4.90. The minimum atomic E-state index is -6.06. The molecular weight excluding hydrogens is 299 g/mol. The van der Waals surface area contributed by atoms with Crippen LogP contribution in [0, 0.1) is 0 Å². The van der Waals surface area contributed by atoms with Gasteiger partial charge in [-0.2, -0.15) is 35.1 Å². The maximum atomic E-state index is 12.5. The monoisotopic (exact) mass is 304 g/mol. The van der Waals surface area contributed by atoms with Crippen molar-refractivity contribution in [2.45, 2.75) is 24.4 Å². The molecule has 0 unspecified atom stereocenters. The zero-order valence-electron chi connectivity index (χ0n) is 8.71. The van der Waals surface area contributed by atoms with Gasteiger partial charge in [0, 0.05) is 0 Å². The minimum absolute atomic E-state index is 2.14. The van der Waals surface area contributed by atoms with Crippen LogP contribution < -0.4 is 0 Å². The topological polar surface area (TPSA) is 26.3 Å². The average Bonchev–Trinajstić information content (AvgIpc) is 2.21. The van der Waals surface area contributed by atoms with Crippen LogP contribution in [0.4, 0.5) is 39.5 Å². The summed E-state index contributed by atoms with van der Waals surface area (Å²) >= 11 is 0. The molecule has 0 saturated carbocycles. The Labute approximate surface area is 99.4 Å². The normalized spacial score (nSPS) is 13.6. The average molecular weight is 304 g/mol. The third kappa shape index (κ3) is 4.63. The van der Waals surface area contributed by atoms with Gasteiger partial charge in [0.2, 0.25) is 0 Å². The smallest absolute Gasteiger partial charge is 0.434 e. The molecule has 112 valence electrons. The Bertz CT molecular complexity index is 340. The van der Waals surface area contributed by atoms with Gasteiger partial charge in [0.1, 0.15) is 5.57 Å². The predicted octanol–water partition coefficient (Wildman–Crippen LogP) is 3.18. The van der Waals surface area contributed by atoms with E-state index in [-0.39, 0.29) is 0 Å². The molecule has 0 bridgehead atoms. The standard InChI is InChI=1S/C8H5F9O2/c1-3(6(10,11)2-9)4(18)19-5(7(12,13)14)8(15,16)17/h5H,1-2H2. The number of rotatable bonds is 4. The number of esters is 1. The van der Waals surface area contributed by atoms with Gasteiger partial charge < -0.3 is 4.74 Å².